The van der Waals surface area contributed by atoms with Crippen molar-refractivity contribution in [1.82, 2.24) is 14.6 Å². The topological polar surface area (TPSA) is 115 Å². The van der Waals surface area contributed by atoms with Crippen molar-refractivity contribution in [2.24, 2.45) is 0 Å². The number of benzene rings is 1. The molecule has 158 valence electrons. The number of carbonyl (C=O) groups is 1. The fraction of sp³-hybridized carbons (Fsp3) is 0.316. The normalized spacial score (nSPS) is 18.0. The van der Waals surface area contributed by atoms with Crippen LogP contribution < -0.4 is 11.4 Å². The Hall–Kier alpha value is -2.37. The maximum absolute atomic E-state index is 12.9. The first kappa shape index (κ1) is 20.9. The van der Waals surface area contributed by atoms with E-state index in [9.17, 15) is 18.0 Å². The first-order valence-electron chi connectivity index (χ1n) is 9.20. The van der Waals surface area contributed by atoms with Crippen LogP contribution in [-0.2, 0) is 14.6 Å². The zero-order chi connectivity index (χ0) is 21.5. The minimum Gasteiger partial charge on any atom is -0.341 e. The zero-order valence-electron chi connectivity index (χ0n) is 16.1. The fourth-order valence-corrected chi connectivity index (χ4v) is 7.03. The summed E-state index contributed by atoms with van der Waals surface area (Å²) < 4.78 is 24.3. The van der Waals surface area contributed by atoms with Gasteiger partial charge in [-0.3, -0.25) is 9.59 Å². The second-order valence-corrected chi connectivity index (χ2v) is 11.1. The Bertz CT molecular complexity index is 1270. The molecule has 1 atom stereocenters. The summed E-state index contributed by atoms with van der Waals surface area (Å²) >= 11 is 2.42. The largest absolute Gasteiger partial charge is 0.341 e. The Kier molecular flexibility index (Phi) is 5.60. The molecule has 1 aromatic carbocycles. The highest BCUT2D eigenvalue weighted by Crippen LogP contribution is 2.31. The molecule has 0 bridgehead atoms. The van der Waals surface area contributed by atoms with Gasteiger partial charge in [-0.15, -0.1) is 11.3 Å². The highest BCUT2D eigenvalue weighted by atomic mass is 32.2. The molecule has 2 aromatic heterocycles. The molecule has 30 heavy (non-hydrogen) atoms. The van der Waals surface area contributed by atoms with Crippen molar-refractivity contribution in [2.75, 3.05) is 30.1 Å². The van der Waals surface area contributed by atoms with Crippen molar-refractivity contribution in [3.63, 3.8) is 0 Å². The molecule has 1 amide bonds. The summed E-state index contributed by atoms with van der Waals surface area (Å²) in [6, 6.07) is 9.22. The number of amides is 1. The van der Waals surface area contributed by atoms with Gasteiger partial charge in [0.2, 0.25) is 5.91 Å². The number of fused-ring (bicyclic) bond motifs is 1. The summed E-state index contributed by atoms with van der Waals surface area (Å²) in [5.41, 5.74) is 1.32. The monoisotopic (exact) mass is 464 g/mol. The Morgan fingerprint density at radius 1 is 1.37 bits per heavy atom. The van der Waals surface area contributed by atoms with Gasteiger partial charge in [0.1, 0.15) is 4.83 Å². The van der Waals surface area contributed by atoms with E-state index >= 15 is 0 Å². The molecular weight excluding hydrogens is 444 g/mol. The van der Waals surface area contributed by atoms with Gasteiger partial charge in [-0.2, -0.15) is 0 Å². The van der Waals surface area contributed by atoms with Crippen molar-refractivity contribution in [2.45, 2.75) is 17.6 Å². The quantitative estimate of drug-likeness (QED) is 0.346. The predicted molar refractivity (Wildman–Crippen MR) is 120 cm³/mol. The molecular formula is C19H20N4O4S3. The highest BCUT2D eigenvalue weighted by molar-refractivity contribution is 7.99. The number of rotatable bonds is 5. The first-order chi connectivity index (χ1) is 14.3. The van der Waals surface area contributed by atoms with E-state index in [1.807, 2.05) is 35.7 Å². The van der Waals surface area contributed by atoms with E-state index in [1.54, 1.807) is 7.05 Å². The van der Waals surface area contributed by atoms with Crippen LogP contribution in [0.25, 0.3) is 21.3 Å². The average molecular weight is 465 g/mol. The van der Waals surface area contributed by atoms with Crippen LogP contribution in [0.2, 0.25) is 0 Å². The lowest BCUT2D eigenvalue weighted by Crippen LogP contribution is -2.39. The van der Waals surface area contributed by atoms with Crippen LogP contribution in [0.15, 0.2) is 45.7 Å². The average Bonchev–Trinajstić information content (AvgIpc) is 3.32. The Labute approximate surface area is 181 Å². The number of carbonyl (C=O) groups excluding carboxylic acids is 1. The third kappa shape index (κ3) is 3.96. The molecule has 0 saturated carbocycles. The minimum absolute atomic E-state index is 0.0107. The highest BCUT2D eigenvalue weighted by Gasteiger charge is 2.32. The van der Waals surface area contributed by atoms with Crippen molar-refractivity contribution in [3.8, 4) is 11.1 Å². The van der Waals surface area contributed by atoms with Crippen LogP contribution in [0.4, 0.5) is 0 Å². The molecule has 0 spiro atoms. The second-order valence-electron chi connectivity index (χ2n) is 7.12. The molecule has 1 aliphatic heterocycles. The third-order valence-corrected chi connectivity index (χ3v) is 8.73. The maximum Gasteiger partial charge on any atom is 0.282 e. The SMILES string of the molecule is CN(C(=O)CSc1nc2scc(-c3ccccc3)c2c(=O)n1N)[C@@H]1CCS(=O)(=O)C1. The molecule has 3 aromatic rings. The number of aromatic nitrogens is 2. The van der Waals surface area contributed by atoms with Gasteiger partial charge in [0.25, 0.3) is 5.56 Å². The van der Waals surface area contributed by atoms with E-state index < -0.39 is 9.84 Å². The molecule has 1 saturated heterocycles. The second kappa shape index (κ2) is 8.05. The number of sulfone groups is 1. The number of hydrogen-bond donors (Lipinski definition) is 1. The third-order valence-electron chi connectivity index (χ3n) is 5.17. The first-order valence-corrected chi connectivity index (χ1v) is 12.9. The van der Waals surface area contributed by atoms with Crippen molar-refractivity contribution in [3.05, 3.63) is 46.1 Å². The van der Waals surface area contributed by atoms with Crippen LogP contribution in [0.1, 0.15) is 6.42 Å². The van der Waals surface area contributed by atoms with Gasteiger partial charge in [0.05, 0.1) is 22.6 Å². The van der Waals surface area contributed by atoms with E-state index in [0.717, 1.165) is 27.6 Å². The number of hydrogen-bond acceptors (Lipinski definition) is 8. The molecule has 8 nitrogen and oxygen atoms in total. The van der Waals surface area contributed by atoms with Crippen molar-refractivity contribution >= 4 is 49.1 Å². The molecule has 3 heterocycles. The molecule has 1 aliphatic rings. The number of nitrogen functional groups attached to an aromatic ring is 1. The molecule has 2 N–H and O–H groups in total. The van der Waals surface area contributed by atoms with Gasteiger partial charge in [-0.1, -0.05) is 42.1 Å². The molecule has 11 heteroatoms. The van der Waals surface area contributed by atoms with E-state index in [-0.39, 0.29) is 39.9 Å². The van der Waals surface area contributed by atoms with Gasteiger partial charge in [-0.05, 0) is 12.0 Å². The van der Waals surface area contributed by atoms with E-state index in [4.69, 9.17) is 5.84 Å². The predicted octanol–water partition coefficient (Wildman–Crippen LogP) is 1.58. The molecule has 0 unspecified atom stereocenters. The van der Waals surface area contributed by atoms with Crippen LogP contribution in [0.5, 0.6) is 0 Å². The molecule has 1 fully saturated rings. The van der Waals surface area contributed by atoms with Gasteiger partial charge < -0.3 is 10.7 Å². The maximum atomic E-state index is 12.9. The summed E-state index contributed by atoms with van der Waals surface area (Å²) in [4.78, 5) is 31.9. The summed E-state index contributed by atoms with van der Waals surface area (Å²) in [5, 5.41) is 2.58. The number of thioether (sulfide) groups is 1. The summed E-state index contributed by atoms with van der Waals surface area (Å²) in [6.07, 6.45) is 0.443. The molecule has 4 rings (SSSR count). The standard InChI is InChI=1S/C19H20N4O4S3/c1-22(13-7-8-30(26,27)11-13)15(24)10-29-19-21-17-16(18(25)23(19)20)14(9-28-17)12-5-3-2-4-6-12/h2-6,9,13H,7-8,10-11,20H2,1H3/t13-/m1/s1. The van der Waals surface area contributed by atoms with E-state index in [1.165, 1.54) is 16.2 Å². The van der Waals surface area contributed by atoms with Gasteiger partial charge in [-0.25, -0.2) is 18.1 Å². The zero-order valence-corrected chi connectivity index (χ0v) is 18.6. The van der Waals surface area contributed by atoms with Crippen LogP contribution in [0, 0.1) is 0 Å². The summed E-state index contributed by atoms with van der Waals surface area (Å²) in [6.45, 7) is 0. The number of nitrogens with two attached hydrogens (primary N) is 1. The Morgan fingerprint density at radius 2 is 2.10 bits per heavy atom. The molecule has 0 radical (unpaired) electrons. The summed E-state index contributed by atoms with van der Waals surface area (Å²) in [7, 11) is -1.47. The van der Waals surface area contributed by atoms with Gasteiger partial charge in [0, 0.05) is 24.0 Å². The number of thiophene rings is 1. The lowest BCUT2D eigenvalue weighted by Gasteiger charge is -2.23. The minimum atomic E-state index is -3.08. The number of nitrogens with zero attached hydrogens (tertiary/aromatic N) is 3. The van der Waals surface area contributed by atoms with E-state index in [2.05, 4.69) is 4.98 Å². The Morgan fingerprint density at radius 3 is 2.77 bits per heavy atom. The van der Waals surface area contributed by atoms with Crippen molar-refractivity contribution in [1.29, 1.82) is 0 Å². The van der Waals surface area contributed by atoms with Gasteiger partial charge >= 0.3 is 0 Å². The lowest BCUT2D eigenvalue weighted by atomic mass is 10.1. The summed E-state index contributed by atoms with van der Waals surface area (Å²) in [5.74, 6) is 5.87. The van der Waals surface area contributed by atoms with Crippen LogP contribution in [0.3, 0.4) is 0 Å². The van der Waals surface area contributed by atoms with Gasteiger partial charge in [0.15, 0.2) is 15.0 Å². The smallest absolute Gasteiger partial charge is 0.282 e. The van der Waals surface area contributed by atoms with Crippen LogP contribution in [-0.4, -0.2) is 59.2 Å². The molecule has 0 aliphatic carbocycles. The van der Waals surface area contributed by atoms with Crippen LogP contribution >= 0.6 is 23.1 Å². The fourth-order valence-electron chi connectivity index (χ4n) is 3.43. The lowest BCUT2D eigenvalue weighted by molar-refractivity contribution is -0.128. The van der Waals surface area contributed by atoms with E-state index in [0.29, 0.717) is 16.6 Å². The van der Waals surface area contributed by atoms with Crippen molar-refractivity contribution < 1.29 is 13.2 Å². The Balaban J connectivity index is 1.55.